The van der Waals surface area contributed by atoms with E-state index >= 15 is 0 Å². The highest BCUT2D eigenvalue weighted by molar-refractivity contribution is 5.50. The molecule has 0 amide bonds. The Bertz CT molecular complexity index is 1880. The Labute approximate surface area is 434 Å². The van der Waals surface area contributed by atoms with Gasteiger partial charge in [-0.15, -0.1) is 61.6 Å². The van der Waals surface area contributed by atoms with Gasteiger partial charge in [0, 0.05) is 91.1 Å². The van der Waals surface area contributed by atoms with Crippen molar-refractivity contribution in [1.29, 1.82) is 0 Å². The lowest BCUT2D eigenvalue weighted by atomic mass is 9.63. The topological polar surface area (TPSA) is 196 Å². The van der Waals surface area contributed by atoms with E-state index in [1.807, 2.05) is 152 Å². The lowest BCUT2D eigenvalue weighted by molar-refractivity contribution is -0.360. The van der Waals surface area contributed by atoms with Crippen molar-refractivity contribution in [2.45, 2.75) is 326 Å². The van der Waals surface area contributed by atoms with E-state index < -0.39 is 66.5 Å². The fraction of sp³-hybridized carbons (Fsp3) is 0.944. The third-order valence-corrected chi connectivity index (χ3v) is 18.2. The van der Waals surface area contributed by atoms with Crippen LogP contribution in [0.5, 0.6) is 0 Å². The van der Waals surface area contributed by atoms with Crippen molar-refractivity contribution in [2.24, 2.45) is 0 Å². The van der Waals surface area contributed by atoms with Crippen LogP contribution in [0, 0.1) is 0 Å². The second-order valence-corrected chi connectivity index (χ2v) is 30.9. The molecule has 1 unspecified atom stereocenters. The monoisotopic (exact) mass is 1010 g/mol. The molecule has 6 fully saturated rings. The van der Waals surface area contributed by atoms with Crippen molar-refractivity contribution >= 4 is 17.8 Å². The fourth-order valence-corrected chi connectivity index (χ4v) is 16.7. The minimum atomic E-state index is -0.871. The maximum atomic E-state index is 14.8. The van der Waals surface area contributed by atoms with Crippen molar-refractivity contribution in [3.05, 3.63) is 0 Å². The van der Waals surface area contributed by atoms with E-state index in [9.17, 15) is 31.2 Å². The van der Waals surface area contributed by atoms with Crippen molar-refractivity contribution in [3.8, 4) is 0 Å². The Balaban J connectivity index is 1.48. The molecule has 1 aromatic heterocycles. The van der Waals surface area contributed by atoms with Gasteiger partial charge in [0.25, 0.3) is 0 Å². The fourth-order valence-electron chi connectivity index (χ4n) is 16.7. The van der Waals surface area contributed by atoms with Gasteiger partial charge in [-0.05, 0) is 229 Å². The number of rotatable bonds is 8. The molecule has 0 aromatic carbocycles. The highest BCUT2D eigenvalue weighted by atomic mass is 16.5. The molecule has 408 valence electrons. The van der Waals surface area contributed by atoms with Gasteiger partial charge in [-0.25, -0.2) is 0 Å². The predicted molar refractivity (Wildman–Crippen MR) is 276 cm³/mol. The molecule has 18 nitrogen and oxygen atoms in total. The molecule has 1 aromatic rings. The summed E-state index contributed by atoms with van der Waals surface area (Å²) in [5, 5.41) is 96.4. The Morgan fingerprint density at radius 1 is 0.333 bits per heavy atom. The molecule has 1 N–H and O–H groups in total. The first-order valence-corrected chi connectivity index (χ1v) is 27.2. The zero-order valence-corrected chi connectivity index (χ0v) is 48.7. The van der Waals surface area contributed by atoms with Gasteiger partial charge >= 0.3 is 0 Å². The quantitative estimate of drug-likeness (QED) is 0.259. The average molecular weight is 1010 g/mol. The molecule has 72 heavy (non-hydrogen) atoms. The number of hydrogen-bond acceptors (Lipinski definition) is 12. The van der Waals surface area contributed by atoms with Gasteiger partial charge in [0.2, 0.25) is 17.8 Å². The second-order valence-electron chi connectivity index (χ2n) is 30.9. The Morgan fingerprint density at radius 3 is 0.833 bits per heavy atom. The minimum absolute atomic E-state index is 0.220. The number of piperidine rings is 6. The van der Waals surface area contributed by atoms with Gasteiger partial charge in [0.1, 0.15) is 0 Å². The third kappa shape index (κ3) is 10.3. The highest BCUT2D eigenvalue weighted by Crippen LogP contribution is 2.53. The third-order valence-electron chi connectivity index (χ3n) is 18.2. The van der Waals surface area contributed by atoms with E-state index in [4.69, 9.17) is 15.0 Å². The maximum Gasteiger partial charge on any atom is 0.232 e. The molecule has 18 heteroatoms. The Hall–Kier alpha value is -2.07. The number of hydroxylamine groups is 12. The molecule has 0 saturated carbocycles. The molecular formula is C54H96N12O6. The number of anilines is 3. The first kappa shape index (κ1) is 57.6. The van der Waals surface area contributed by atoms with Gasteiger partial charge in [0.15, 0.2) is 0 Å². The zero-order chi connectivity index (χ0) is 54.6. The number of aromatic nitrogens is 3. The van der Waals surface area contributed by atoms with Crippen LogP contribution in [0.3, 0.4) is 0 Å². The molecule has 1 spiro atoms. The SMILES string of the molecule is CC1(C)CC(N(c2nc(NC3CC(C)(C)N([O])C4(C3)CC(C)(C)N([O])C(C)(C)C4)nc(N(C3CC(C)(C)N([O])C(C)(C)C3)C3CC(C)(C)N([O])C(C)(C)C3)n2)C2CC(C)(C)N([O])C(C)(C)C2)CC(C)(C)N1[O]. The smallest absolute Gasteiger partial charge is 0.232 e. The van der Waals surface area contributed by atoms with Crippen LogP contribution in [0.15, 0.2) is 0 Å². The zero-order valence-electron chi connectivity index (χ0n) is 48.7. The first-order valence-electron chi connectivity index (χ1n) is 27.2. The average Bonchev–Trinajstić information content (AvgIpc) is 3.17. The van der Waals surface area contributed by atoms with Crippen LogP contribution in [0.1, 0.15) is 229 Å². The van der Waals surface area contributed by atoms with Crippen molar-refractivity contribution in [3.63, 3.8) is 0 Å². The van der Waals surface area contributed by atoms with E-state index in [0.29, 0.717) is 94.9 Å². The number of nitrogens with one attached hydrogen (secondary N) is 1. The molecule has 0 bridgehead atoms. The molecule has 7 heterocycles. The molecule has 6 radical (unpaired) electrons. The Morgan fingerprint density at radius 2 is 0.569 bits per heavy atom. The first-order chi connectivity index (χ1) is 32.2. The van der Waals surface area contributed by atoms with E-state index in [-0.39, 0.29) is 30.2 Å². The standard InChI is InChI=1S/C54H96N12O6/c1-43(2)23-35(24-54(66(43)72)33-52(19,20)65(71)53(21,22)34-54)55-40-56-41(59(36-25-44(3,4)61(67)45(5,6)26-36)37-27-46(7,8)62(68)47(9,10)28-37)58-42(57-40)60(38-29-48(11,12)63(69)49(13,14)30-38)39-31-50(15,16)64(70)51(17,18)32-39/h35-39H,23-34H2,1-22H3,(H,55,56,57,58). The highest BCUT2D eigenvalue weighted by Gasteiger charge is 2.62. The van der Waals surface area contributed by atoms with Crippen molar-refractivity contribution in [1.82, 2.24) is 45.3 Å². The van der Waals surface area contributed by atoms with Crippen LogP contribution in [0.2, 0.25) is 0 Å². The minimum Gasteiger partial charge on any atom is -0.351 e. The summed E-state index contributed by atoms with van der Waals surface area (Å²) in [5.74, 6) is 1.23. The van der Waals surface area contributed by atoms with Gasteiger partial charge in [0.05, 0.1) is 5.54 Å². The van der Waals surface area contributed by atoms with Gasteiger partial charge in [-0.1, -0.05) is 0 Å². The maximum absolute atomic E-state index is 14.8. The molecular weight excluding hydrogens is 913 g/mol. The predicted octanol–water partition coefficient (Wildman–Crippen LogP) is 9.69. The van der Waals surface area contributed by atoms with Crippen LogP contribution < -0.4 is 15.1 Å². The number of nitrogens with zero attached hydrogens (tertiary/aromatic N) is 11. The molecule has 6 aliphatic rings. The van der Waals surface area contributed by atoms with Crippen LogP contribution in [0.25, 0.3) is 0 Å². The van der Waals surface area contributed by atoms with Crippen LogP contribution in [-0.4, -0.2) is 142 Å². The van der Waals surface area contributed by atoms with Gasteiger partial charge in [-0.2, -0.15) is 15.0 Å². The second kappa shape index (κ2) is 17.7. The normalized spacial score (nSPS) is 31.9. The van der Waals surface area contributed by atoms with E-state index in [1.165, 1.54) is 30.4 Å². The van der Waals surface area contributed by atoms with E-state index in [1.54, 1.807) is 0 Å². The molecule has 6 aliphatic heterocycles. The molecule has 0 aliphatic carbocycles. The lowest BCUT2D eigenvalue weighted by Gasteiger charge is -2.62. The Kier molecular flexibility index (Phi) is 14.2. The summed E-state index contributed by atoms with van der Waals surface area (Å²) in [7, 11) is 0. The van der Waals surface area contributed by atoms with Crippen molar-refractivity contribution < 1.29 is 31.2 Å². The van der Waals surface area contributed by atoms with Crippen molar-refractivity contribution in [2.75, 3.05) is 15.1 Å². The summed E-state index contributed by atoms with van der Waals surface area (Å²) in [6.07, 6.45) is 5.82. The van der Waals surface area contributed by atoms with Gasteiger partial charge in [-0.3, -0.25) is 0 Å². The summed E-state index contributed by atoms with van der Waals surface area (Å²) < 4.78 is 0. The van der Waals surface area contributed by atoms with E-state index in [0.717, 1.165) is 0 Å². The molecule has 7 rings (SSSR count). The number of hydrogen-bond donors (Lipinski definition) is 1. The van der Waals surface area contributed by atoms with Gasteiger partial charge < -0.3 is 15.1 Å². The molecule has 6 saturated heterocycles. The largest absolute Gasteiger partial charge is 0.351 e. The van der Waals surface area contributed by atoms with Crippen LogP contribution >= 0.6 is 0 Å². The molecule has 1 atom stereocenters. The summed E-state index contributed by atoms with van der Waals surface area (Å²) in [4.78, 5) is 21.4. The van der Waals surface area contributed by atoms with E-state index in [2.05, 4.69) is 15.1 Å². The summed E-state index contributed by atoms with van der Waals surface area (Å²) in [6.45, 7) is 43.8. The summed E-state index contributed by atoms with van der Waals surface area (Å²) >= 11 is 0. The van der Waals surface area contributed by atoms with Crippen LogP contribution in [0.4, 0.5) is 17.8 Å². The summed E-state index contributed by atoms with van der Waals surface area (Å²) in [6, 6.07) is -1.17. The lowest BCUT2D eigenvalue weighted by Crippen LogP contribution is -2.72. The summed E-state index contributed by atoms with van der Waals surface area (Å²) in [5.41, 5.74) is -9.31. The van der Waals surface area contributed by atoms with Crippen LogP contribution in [-0.2, 0) is 31.2 Å².